The first-order chi connectivity index (χ1) is 5.70. The van der Waals surface area contributed by atoms with E-state index >= 15 is 0 Å². The van der Waals surface area contributed by atoms with Gasteiger partial charge in [-0.15, -0.1) is 17.6 Å². The normalized spacial score (nSPS) is 7.21. The Hall–Kier alpha value is 0.771. The molecule has 1 rings (SSSR count). The van der Waals surface area contributed by atoms with Gasteiger partial charge in [0.05, 0.1) is 0 Å². The van der Waals surface area contributed by atoms with Crippen molar-refractivity contribution < 1.29 is 65.8 Å². The van der Waals surface area contributed by atoms with Gasteiger partial charge in [-0.05, 0) is 0 Å². The Balaban J connectivity index is -0.000000284. The summed E-state index contributed by atoms with van der Waals surface area (Å²) >= 11 is 0. The van der Waals surface area contributed by atoms with Crippen molar-refractivity contribution in [2.45, 2.75) is 13.8 Å². The van der Waals surface area contributed by atoms with Gasteiger partial charge < -0.3 is 17.5 Å². The first-order valence-corrected chi connectivity index (χ1v) is 3.73. The van der Waals surface area contributed by atoms with Gasteiger partial charge in [-0.25, -0.2) is 4.39 Å². The second-order valence-electron chi connectivity index (χ2n) is 1.84. The molecule has 2 N–H and O–H groups in total. The molecular weight excluding hydrogens is 209 g/mol. The van der Waals surface area contributed by atoms with Crippen LogP contribution in [-0.2, 0) is 0 Å². The molecule has 5 heteroatoms. The molecule has 0 aliphatic heterocycles. The Morgan fingerprint density at radius 2 is 1.86 bits per heavy atom. The third kappa shape index (κ3) is 8.11. The Morgan fingerprint density at radius 3 is 2.14 bits per heavy atom. The van der Waals surface area contributed by atoms with Gasteiger partial charge in [-0.2, -0.15) is 12.1 Å². The summed E-state index contributed by atoms with van der Waals surface area (Å²) in [6.07, 6.45) is 0. The number of halogens is 1. The molecule has 0 fully saturated rings. The fraction of sp³-hybridized carbons (Fsp3) is 0.222. The molecule has 74 valence electrons. The third-order valence-electron chi connectivity index (χ3n) is 1.09. The average Bonchev–Trinajstić information content (AvgIpc) is 2.08. The minimum Gasteiger partial charge on any atom is -0.425 e. The van der Waals surface area contributed by atoms with Crippen LogP contribution in [0.15, 0.2) is 18.2 Å². The topological polar surface area (TPSA) is 40.5 Å². The van der Waals surface area contributed by atoms with Crippen molar-refractivity contribution in [3.8, 4) is 0 Å². The zero-order valence-electron chi connectivity index (χ0n) is 9.08. The largest absolute Gasteiger partial charge is 1.00 e. The first-order valence-electron chi connectivity index (χ1n) is 3.73. The van der Waals surface area contributed by atoms with Crippen LogP contribution in [0.3, 0.4) is 0 Å². The van der Waals surface area contributed by atoms with Crippen molar-refractivity contribution in [1.29, 1.82) is 0 Å². The zero-order valence-corrected chi connectivity index (χ0v) is 12.2. The summed E-state index contributed by atoms with van der Waals surface area (Å²) < 4.78 is 12.2. The Kier molecular flexibility index (Phi) is 17.1. The number of benzene rings is 1. The number of rotatable bonds is 1. The van der Waals surface area contributed by atoms with E-state index in [-0.39, 0.29) is 64.3 Å². The molecule has 0 saturated heterocycles. The van der Waals surface area contributed by atoms with Gasteiger partial charge in [0.15, 0.2) is 0 Å². The van der Waals surface area contributed by atoms with Crippen LogP contribution in [0, 0.1) is 19.3 Å². The fourth-order valence-electron chi connectivity index (χ4n) is 0.614. The second-order valence-corrected chi connectivity index (χ2v) is 1.84. The van der Waals surface area contributed by atoms with Gasteiger partial charge in [-0.1, -0.05) is 13.8 Å². The molecule has 1 aromatic carbocycles. The molecule has 0 unspecified atom stereocenters. The van der Waals surface area contributed by atoms with E-state index in [4.69, 9.17) is 10.0 Å². The molecule has 0 saturated carbocycles. The third-order valence-corrected chi connectivity index (χ3v) is 1.09. The molecule has 0 spiro atoms. The molecule has 0 aliphatic rings. The van der Waals surface area contributed by atoms with Crippen molar-refractivity contribution in [3.63, 3.8) is 0 Å². The summed E-state index contributed by atoms with van der Waals surface area (Å²) in [7, 11) is -1.61. The summed E-state index contributed by atoms with van der Waals surface area (Å²) in [5.74, 6) is -0.592. The van der Waals surface area contributed by atoms with E-state index in [9.17, 15) is 4.39 Å². The molecule has 0 aliphatic carbocycles. The maximum absolute atomic E-state index is 12.2. The van der Waals surface area contributed by atoms with Crippen molar-refractivity contribution in [3.05, 3.63) is 37.5 Å². The van der Waals surface area contributed by atoms with Crippen molar-refractivity contribution in [2.24, 2.45) is 0 Å². The predicted molar refractivity (Wildman–Crippen MR) is 52.8 cm³/mol. The average molecular weight is 223 g/mol. The van der Waals surface area contributed by atoms with Crippen LogP contribution in [0.25, 0.3) is 0 Å². The summed E-state index contributed by atoms with van der Waals surface area (Å²) in [6, 6.07) is 5.93. The van der Waals surface area contributed by atoms with E-state index in [1.165, 1.54) is 12.1 Å². The molecule has 0 heterocycles. The molecule has 0 atom stereocenters. The summed E-state index contributed by atoms with van der Waals surface area (Å²) in [5.41, 5.74) is 0.135. The number of hydrogen-bond acceptors (Lipinski definition) is 2. The number of hydrogen-bond donors (Lipinski definition) is 2. The van der Waals surface area contributed by atoms with E-state index in [1.54, 1.807) is 0 Å². The second kappa shape index (κ2) is 11.8. The molecule has 14 heavy (non-hydrogen) atoms. The molecule has 2 nitrogen and oxygen atoms in total. The van der Waals surface area contributed by atoms with Gasteiger partial charge in [0.1, 0.15) is 0 Å². The van der Waals surface area contributed by atoms with E-state index < -0.39 is 12.9 Å². The van der Waals surface area contributed by atoms with E-state index in [1.807, 2.05) is 13.8 Å². The quantitative estimate of drug-likeness (QED) is 0.418. The molecule has 0 aromatic heterocycles. The van der Waals surface area contributed by atoms with Crippen LogP contribution in [0.1, 0.15) is 13.8 Å². The Morgan fingerprint density at radius 1 is 1.36 bits per heavy atom. The SMILES string of the molecule is CC.OB(O)c1cc[c-]c(F)c1.[CH3-].[K+]. The summed E-state index contributed by atoms with van der Waals surface area (Å²) in [6.45, 7) is 4.00. The van der Waals surface area contributed by atoms with Gasteiger partial charge in [0, 0.05) is 5.82 Å². The first kappa shape index (κ1) is 20.2. The summed E-state index contributed by atoms with van der Waals surface area (Å²) in [5, 5.41) is 17.0. The van der Waals surface area contributed by atoms with E-state index in [0.717, 1.165) is 6.07 Å². The molecular formula is C9H14BFKO2-. The zero-order chi connectivity index (χ0) is 9.56. The van der Waals surface area contributed by atoms with Crippen molar-refractivity contribution >= 4 is 12.6 Å². The van der Waals surface area contributed by atoms with Crippen LogP contribution in [0.4, 0.5) is 4.39 Å². The van der Waals surface area contributed by atoms with Crippen LogP contribution in [-0.4, -0.2) is 17.2 Å². The fourth-order valence-corrected chi connectivity index (χ4v) is 0.614. The van der Waals surface area contributed by atoms with Crippen LogP contribution < -0.4 is 56.8 Å². The van der Waals surface area contributed by atoms with Crippen molar-refractivity contribution in [1.82, 2.24) is 0 Å². The Labute approximate surface area is 128 Å². The van der Waals surface area contributed by atoms with Gasteiger partial charge in [0.25, 0.3) is 0 Å². The van der Waals surface area contributed by atoms with Crippen LogP contribution in [0.5, 0.6) is 0 Å². The molecule has 1 aromatic rings. The maximum Gasteiger partial charge on any atom is 1.00 e. The maximum atomic E-state index is 12.2. The standard InChI is InChI=1S/C6H5BFO2.C2H6.CH3.K/c8-6-3-1-2-5(4-6)7(9)10;1-2;;/h1-2,4,9-10H;1-2H3;1H3;/q-1;;-1;+1. The van der Waals surface area contributed by atoms with E-state index in [0.29, 0.717) is 0 Å². The van der Waals surface area contributed by atoms with Crippen LogP contribution >= 0.6 is 0 Å². The predicted octanol–water partition coefficient (Wildman–Crippen LogP) is -2.21. The van der Waals surface area contributed by atoms with E-state index in [2.05, 4.69) is 6.07 Å². The molecule has 0 amide bonds. The summed E-state index contributed by atoms with van der Waals surface area (Å²) in [4.78, 5) is 0. The van der Waals surface area contributed by atoms with Gasteiger partial charge in [0.2, 0.25) is 0 Å². The minimum absolute atomic E-state index is 0. The Bertz CT molecular complexity index is 234. The monoisotopic (exact) mass is 223 g/mol. The van der Waals surface area contributed by atoms with Crippen LogP contribution in [0.2, 0.25) is 0 Å². The van der Waals surface area contributed by atoms with Crippen molar-refractivity contribution in [2.75, 3.05) is 0 Å². The van der Waals surface area contributed by atoms with Gasteiger partial charge in [-0.3, -0.25) is 0 Å². The van der Waals surface area contributed by atoms with Gasteiger partial charge >= 0.3 is 58.5 Å². The molecule has 0 bridgehead atoms. The molecule has 0 radical (unpaired) electrons. The minimum atomic E-state index is -1.61. The smallest absolute Gasteiger partial charge is 0.425 e.